The van der Waals surface area contributed by atoms with Crippen LogP contribution in [0.5, 0.6) is 0 Å². The van der Waals surface area contributed by atoms with Crippen LogP contribution in [0.3, 0.4) is 0 Å². The van der Waals surface area contributed by atoms with Gasteiger partial charge in [0.1, 0.15) is 5.69 Å². The van der Waals surface area contributed by atoms with Crippen LogP contribution < -0.4 is 5.32 Å². The van der Waals surface area contributed by atoms with Crippen molar-refractivity contribution in [1.29, 1.82) is 0 Å². The zero-order valence-electron chi connectivity index (χ0n) is 11.6. The second-order valence-electron chi connectivity index (χ2n) is 5.28. The number of hydrogen-bond donors (Lipinski definition) is 1. The molecule has 1 fully saturated rings. The minimum Gasteiger partial charge on any atom is -0.379 e. The van der Waals surface area contributed by atoms with E-state index in [0.29, 0.717) is 23.9 Å². The lowest BCUT2D eigenvalue weighted by atomic mass is 10.2. The van der Waals surface area contributed by atoms with Crippen molar-refractivity contribution in [3.63, 3.8) is 0 Å². The monoisotopic (exact) mass is 304 g/mol. The number of benzene rings is 1. The Morgan fingerprint density at radius 3 is 3.00 bits per heavy atom. The number of para-hydroxylation sites is 1. The quantitative estimate of drug-likeness (QED) is 0.835. The van der Waals surface area contributed by atoms with Crippen LogP contribution in [0.2, 0.25) is 5.02 Å². The van der Waals surface area contributed by atoms with Crippen molar-refractivity contribution in [3.8, 4) is 0 Å². The summed E-state index contributed by atoms with van der Waals surface area (Å²) in [4.78, 5) is 16.4. The second-order valence-corrected chi connectivity index (χ2v) is 5.69. The Labute approximate surface area is 128 Å². The predicted molar refractivity (Wildman–Crippen MR) is 82.6 cm³/mol. The smallest absolute Gasteiger partial charge is 0.270 e. The highest BCUT2D eigenvalue weighted by atomic mass is 35.5. The normalized spacial score (nSPS) is 14.3. The largest absolute Gasteiger partial charge is 0.379 e. The van der Waals surface area contributed by atoms with Gasteiger partial charge < -0.3 is 10.1 Å². The van der Waals surface area contributed by atoms with Crippen molar-refractivity contribution in [2.24, 2.45) is 5.92 Å². The van der Waals surface area contributed by atoms with Gasteiger partial charge in [0.25, 0.3) is 5.91 Å². The van der Waals surface area contributed by atoms with E-state index in [9.17, 15) is 4.79 Å². The molecule has 2 aromatic rings. The summed E-state index contributed by atoms with van der Waals surface area (Å²) in [7, 11) is 0. The molecule has 4 nitrogen and oxygen atoms in total. The maximum absolute atomic E-state index is 12.1. The molecule has 1 aromatic heterocycles. The van der Waals surface area contributed by atoms with Crippen LogP contribution >= 0.6 is 11.6 Å². The number of carbonyl (C=O) groups excluding carboxylic acids is 1. The molecule has 0 bridgehead atoms. The number of amides is 1. The van der Waals surface area contributed by atoms with Crippen molar-refractivity contribution in [1.82, 2.24) is 10.3 Å². The Balaban J connectivity index is 1.58. The molecular weight excluding hydrogens is 288 g/mol. The fraction of sp³-hybridized carbons (Fsp3) is 0.375. The number of carbonyl (C=O) groups is 1. The molecule has 21 heavy (non-hydrogen) atoms. The van der Waals surface area contributed by atoms with E-state index in [-0.39, 0.29) is 5.91 Å². The average molecular weight is 305 g/mol. The van der Waals surface area contributed by atoms with Gasteiger partial charge in [-0.3, -0.25) is 4.79 Å². The van der Waals surface area contributed by atoms with Crippen LogP contribution in [0.4, 0.5) is 0 Å². The molecule has 0 atom stereocenters. The second kappa shape index (κ2) is 6.41. The molecule has 1 N–H and O–H groups in total. The minimum absolute atomic E-state index is 0.224. The Morgan fingerprint density at radius 2 is 2.19 bits per heavy atom. The van der Waals surface area contributed by atoms with Crippen LogP contribution in [0.1, 0.15) is 23.3 Å². The molecule has 1 aliphatic rings. The number of ether oxygens (including phenoxy) is 1. The van der Waals surface area contributed by atoms with E-state index < -0.39 is 0 Å². The van der Waals surface area contributed by atoms with E-state index in [0.717, 1.165) is 23.4 Å². The topological polar surface area (TPSA) is 51.2 Å². The van der Waals surface area contributed by atoms with Gasteiger partial charge in [0.05, 0.1) is 17.1 Å². The lowest BCUT2D eigenvalue weighted by Crippen LogP contribution is -2.28. The van der Waals surface area contributed by atoms with E-state index in [1.54, 1.807) is 6.07 Å². The Kier molecular flexibility index (Phi) is 4.36. The summed E-state index contributed by atoms with van der Waals surface area (Å²) < 4.78 is 5.48. The van der Waals surface area contributed by atoms with Crippen molar-refractivity contribution in [2.75, 3.05) is 19.8 Å². The molecule has 3 rings (SSSR count). The van der Waals surface area contributed by atoms with E-state index in [1.165, 1.54) is 12.8 Å². The van der Waals surface area contributed by atoms with E-state index >= 15 is 0 Å². The molecule has 0 aliphatic heterocycles. The maximum atomic E-state index is 12.1. The van der Waals surface area contributed by atoms with Gasteiger partial charge in [-0.2, -0.15) is 0 Å². The highest BCUT2D eigenvalue weighted by molar-refractivity contribution is 6.35. The maximum Gasteiger partial charge on any atom is 0.270 e. The number of rotatable bonds is 6. The summed E-state index contributed by atoms with van der Waals surface area (Å²) in [6.45, 7) is 1.82. The fourth-order valence-corrected chi connectivity index (χ4v) is 2.37. The molecule has 1 amide bonds. The number of nitrogens with zero attached hydrogens (tertiary/aromatic N) is 1. The third-order valence-electron chi connectivity index (χ3n) is 3.48. The minimum atomic E-state index is -0.224. The van der Waals surface area contributed by atoms with Crippen molar-refractivity contribution in [3.05, 3.63) is 41.0 Å². The van der Waals surface area contributed by atoms with Crippen LogP contribution in [0.15, 0.2) is 30.3 Å². The van der Waals surface area contributed by atoms with Gasteiger partial charge in [0, 0.05) is 18.5 Å². The number of hydrogen-bond acceptors (Lipinski definition) is 3. The first-order chi connectivity index (χ1) is 10.2. The summed E-state index contributed by atoms with van der Waals surface area (Å²) in [6, 6.07) is 9.10. The number of aromatic nitrogens is 1. The van der Waals surface area contributed by atoms with E-state index in [4.69, 9.17) is 16.3 Å². The highest BCUT2D eigenvalue weighted by Crippen LogP contribution is 2.28. The number of halogens is 1. The third-order valence-corrected chi connectivity index (χ3v) is 3.79. The van der Waals surface area contributed by atoms with Crippen LogP contribution in [-0.2, 0) is 4.74 Å². The summed E-state index contributed by atoms with van der Waals surface area (Å²) in [5.41, 5.74) is 1.06. The van der Waals surface area contributed by atoms with E-state index in [2.05, 4.69) is 10.3 Å². The van der Waals surface area contributed by atoms with Gasteiger partial charge in [0.2, 0.25) is 0 Å². The molecule has 110 valence electrons. The van der Waals surface area contributed by atoms with Crippen LogP contribution in [0.25, 0.3) is 10.9 Å². The molecular formula is C16H17ClN2O2. The summed E-state index contributed by atoms with van der Waals surface area (Å²) in [5, 5.41) is 4.19. The molecule has 0 unspecified atom stereocenters. The summed E-state index contributed by atoms with van der Waals surface area (Å²) >= 11 is 6.19. The molecule has 0 saturated heterocycles. The third kappa shape index (κ3) is 3.71. The molecule has 0 radical (unpaired) electrons. The van der Waals surface area contributed by atoms with Gasteiger partial charge in [-0.25, -0.2) is 4.98 Å². The highest BCUT2D eigenvalue weighted by Gasteiger charge is 2.20. The molecule has 1 heterocycles. The van der Waals surface area contributed by atoms with Crippen molar-refractivity contribution >= 4 is 28.4 Å². The van der Waals surface area contributed by atoms with Crippen molar-refractivity contribution in [2.45, 2.75) is 12.8 Å². The molecule has 0 spiro atoms. The van der Waals surface area contributed by atoms with Gasteiger partial charge in [-0.15, -0.1) is 0 Å². The van der Waals surface area contributed by atoms with Gasteiger partial charge >= 0.3 is 0 Å². The number of pyridine rings is 1. The SMILES string of the molecule is O=C(NCCOCC1CC1)c1cc(Cl)c2ccccc2n1. The Bertz CT molecular complexity index is 656. The molecule has 1 aromatic carbocycles. The van der Waals surface area contributed by atoms with Gasteiger partial charge in [0.15, 0.2) is 0 Å². The van der Waals surface area contributed by atoms with Crippen LogP contribution in [-0.4, -0.2) is 30.6 Å². The standard InChI is InChI=1S/C16H17ClN2O2/c17-13-9-15(19-14-4-2-1-3-12(13)14)16(20)18-7-8-21-10-11-5-6-11/h1-4,9,11H,5-8,10H2,(H,18,20). The average Bonchev–Trinajstić information content (AvgIpc) is 3.31. The van der Waals surface area contributed by atoms with Gasteiger partial charge in [-0.1, -0.05) is 29.8 Å². The number of fused-ring (bicyclic) bond motifs is 1. The summed E-state index contributed by atoms with van der Waals surface area (Å²) in [6.07, 6.45) is 2.54. The Morgan fingerprint density at radius 1 is 1.38 bits per heavy atom. The Hall–Kier alpha value is -1.65. The fourth-order valence-electron chi connectivity index (χ4n) is 2.11. The van der Waals surface area contributed by atoms with Crippen LogP contribution in [0, 0.1) is 5.92 Å². The lowest BCUT2D eigenvalue weighted by Gasteiger charge is -2.07. The van der Waals surface area contributed by atoms with E-state index in [1.807, 2.05) is 24.3 Å². The zero-order valence-corrected chi connectivity index (χ0v) is 12.4. The zero-order chi connectivity index (χ0) is 14.7. The first kappa shape index (κ1) is 14.3. The predicted octanol–water partition coefficient (Wildman–Crippen LogP) is 3.04. The lowest BCUT2D eigenvalue weighted by molar-refractivity contribution is 0.0902. The molecule has 1 aliphatic carbocycles. The summed E-state index contributed by atoms with van der Waals surface area (Å²) in [5.74, 6) is 0.513. The molecule has 1 saturated carbocycles. The molecule has 5 heteroatoms. The first-order valence-electron chi connectivity index (χ1n) is 7.15. The number of nitrogens with one attached hydrogen (secondary N) is 1. The van der Waals surface area contributed by atoms with Crippen molar-refractivity contribution < 1.29 is 9.53 Å². The first-order valence-corrected chi connectivity index (χ1v) is 7.53. The van der Waals surface area contributed by atoms with Gasteiger partial charge in [-0.05, 0) is 30.9 Å².